The number of carbonyl (C=O) groups excluding carboxylic acids is 1. The number of benzene rings is 2. The maximum absolute atomic E-state index is 12.8. The van der Waals surface area contributed by atoms with Crippen LogP contribution in [0.5, 0.6) is 5.75 Å². The molecule has 2 N–H and O–H groups in total. The molecule has 2 aromatic carbocycles. The summed E-state index contributed by atoms with van der Waals surface area (Å²) in [6.45, 7) is 6.38. The lowest BCUT2D eigenvalue weighted by atomic mass is 10.0. The van der Waals surface area contributed by atoms with E-state index >= 15 is 0 Å². The van der Waals surface area contributed by atoms with E-state index in [-0.39, 0.29) is 18.0 Å². The summed E-state index contributed by atoms with van der Waals surface area (Å²) in [6, 6.07) is 17.3. The van der Waals surface area contributed by atoms with E-state index in [4.69, 9.17) is 4.74 Å². The molecule has 29 heavy (non-hydrogen) atoms. The van der Waals surface area contributed by atoms with E-state index in [0.717, 1.165) is 28.1 Å². The fourth-order valence-electron chi connectivity index (χ4n) is 3.31. The summed E-state index contributed by atoms with van der Waals surface area (Å²) >= 11 is 0. The number of amides is 1. The normalized spacial score (nSPS) is 10.6. The van der Waals surface area contributed by atoms with Gasteiger partial charge in [0.1, 0.15) is 5.75 Å². The van der Waals surface area contributed by atoms with Gasteiger partial charge in [-0.25, -0.2) is 0 Å². The fraction of sp³-hybridized carbons (Fsp3) is 0.250. The Morgan fingerprint density at radius 1 is 1.03 bits per heavy atom. The highest BCUT2D eigenvalue weighted by Gasteiger charge is 2.13. The first kappa shape index (κ1) is 20.4. The Balaban J connectivity index is 1.69. The molecule has 0 saturated heterocycles. The summed E-state index contributed by atoms with van der Waals surface area (Å²) < 4.78 is 5.78. The lowest BCUT2D eigenvalue weighted by molar-refractivity contribution is 0.0949. The van der Waals surface area contributed by atoms with Crippen molar-refractivity contribution in [2.45, 2.75) is 33.7 Å². The summed E-state index contributed by atoms with van der Waals surface area (Å²) in [5, 5.41) is 2.88. The van der Waals surface area contributed by atoms with E-state index in [1.165, 1.54) is 0 Å². The molecule has 150 valence electrons. The molecule has 0 atom stereocenters. The number of aryl methyl sites for hydroxylation is 3. The third kappa shape index (κ3) is 5.35. The Labute approximate surface area is 170 Å². The molecule has 1 heterocycles. The molecule has 0 aliphatic rings. The summed E-state index contributed by atoms with van der Waals surface area (Å²) in [4.78, 5) is 27.8. The van der Waals surface area contributed by atoms with Gasteiger partial charge in [0.05, 0.1) is 6.61 Å². The molecule has 1 amide bonds. The van der Waals surface area contributed by atoms with E-state index < -0.39 is 0 Å². The van der Waals surface area contributed by atoms with Crippen molar-refractivity contribution < 1.29 is 9.53 Å². The van der Waals surface area contributed by atoms with E-state index in [1.807, 2.05) is 75.4 Å². The average molecular weight is 390 g/mol. The van der Waals surface area contributed by atoms with Crippen molar-refractivity contribution in [3.8, 4) is 5.75 Å². The zero-order chi connectivity index (χ0) is 20.8. The number of pyridine rings is 1. The molecule has 5 nitrogen and oxygen atoms in total. The molecular formula is C24H26N2O3. The van der Waals surface area contributed by atoms with Crippen LogP contribution in [0, 0.1) is 20.8 Å². The molecular weight excluding hydrogens is 364 g/mol. The van der Waals surface area contributed by atoms with Crippen LogP contribution in [0.1, 0.15) is 38.3 Å². The van der Waals surface area contributed by atoms with Gasteiger partial charge in [-0.2, -0.15) is 0 Å². The first-order valence-electron chi connectivity index (χ1n) is 9.69. The number of hydrogen-bond acceptors (Lipinski definition) is 3. The number of ether oxygens (including phenoxy) is 1. The van der Waals surface area contributed by atoms with Crippen LogP contribution < -0.4 is 15.6 Å². The fourth-order valence-corrected chi connectivity index (χ4v) is 3.31. The van der Waals surface area contributed by atoms with Gasteiger partial charge in [-0.3, -0.25) is 9.59 Å². The number of carbonyl (C=O) groups is 1. The molecule has 1 aromatic heterocycles. The predicted molar refractivity (Wildman–Crippen MR) is 115 cm³/mol. The Morgan fingerprint density at radius 2 is 1.79 bits per heavy atom. The van der Waals surface area contributed by atoms with Crippen molar-refractivity contribution in [2.24, 2.45) is 0 Å². The number of aromatic nitrogens is 1. The number of hydrogen-bond donors (Lipinski definition) is 2. The molecule has 0 aliphatic heterocycles. The lowest BCUT2D eigenvalue weighted by Gasteiger charge is -2.13. The number of H-pyrrole nitrogens is 1. The molecule has 0 fully saturated rings. The van der Waals surface area contributed by atoms with Gasteiger partial charge in [-0.15, -0.1) is 0 Å². The number of nitrogens with one attached hydrogen (secondary N) is 2. The Hall–Kier alpha value is -3.34. The summed E-state index contributed by atoms with van der Waals surface area (Å²) in [7, 11) is 0. The molecule has 0 aliphatic carbocycles. The van der Waals surface area contributed by atoms with E-state index in [0.29, 0.717) is 24.2 Å². The molecule has 0 bridgehead atoms. The van der Waals surface area contributed by atoms with Crippen LogP contribution in [0.25, 0.3) is 0 Å². The minimum atomic E-state index is -0.195. The monoisotopic (exact) mass is 390 g/mol. The first-order valence-corrected chi connectivity index (χ1v) is 9.69. The standard InChI is InChI=1S/C24H26N2O3/c1-16-9-10-21(19(13-16)11-12-29-20-7-5-4-6-8-20)23(27)25-15-22-17(2)14-18(3)26-24(22)28/h4-10,13-14H,11-12,15H2,1-3H3,(H,25,27)(H,26,28). The second-order valence-corrected chi connectivity index (χ2v) is 7.20. The topological polar surface area (TPSA) is 71.2 Å². The van der Waals surface area contributed by atoms with Crippen LogP contribution in [0.3, 0.4) is 0 Å². The third-order valence-electron chi connectivity index (χ3n) is 4.81. The van der Waals surface area contributed by atoms with Crippen molar-refractivity contribution >= 4 is 5.91 Å². The molecule has 0 radical (unpaired) electrons. The Morgan fingerprint density at radius 3 is 2.52 bits per heavy atom. The highest BCUT2D eigenvalue weighted by molar-refractivity contribution is 5.95. The van der Waals surface area contributed by atoms with Crippen molar-refractivity contribution in [3.05, 3.63) is 98.5 Å². The second-order valence-electron chi connectivity index (χ2n) is 7.20. The highest BCUT2D eigenvalue weighted by Crippen LogP contribution is 2.15. The van der Waals surface area contributed by atoms with Gasteiger partial charge in [-0.05, 0) is 56.2 Å². The van der Waals surface area contributed by atoms with Crippen LogP contribution in [0.15, 0.2) is 59.4 Å². The predicted octanol–water partition coefficient (Wildman–Crippen LogP) is 3.85. The van der Waals surface area contributed by atoms with Gasteiger partial charge in [0.25, 0.3) is 11.5 Å². The minimum absolute atomic E-state index is 0.164. The van der Waals surface area contributed by atoms with Crippen LogP contribution in [0.2, 0.25) is 0 Å². The SMILES string of the molecule is Cc1ccc(C(=O)NCc2c(C)cc(C)[nH]c2=O)c(CCOc2ccccc2)c1. The van der Waals surface area contributed by atoms with Crippen LogP contribution in [0.4, 0.5) is 0 Å². The van der Waals surface area contributed by atoms with Crippen molar-refractivity contribution in [3.63, 3.8) is 0 Å². The quantitative estimate of drug-likeness (QED) is 0.644. The Bertz CT molecular complexity index is 1060. The molecule has 5 heteroatoms. The number of para-hydroxylation sites is 1. The van der Waals surface area contributed by atoms with Gasteiger partial charge < -0.3 is 15.0 Å². The van der Waals surface area contributed by atoms with Crippen molar-refractivity contribution in [2.75, 3.05) is 6.61 Å². The minimum Gasteiger partial charge on any atom is -0.493 e. The Kier molecular flexibility index (Phi) is 6.50. The second kappa shape index (κ2) is 9.24. The summed E-state index contributed by atoms with van der Waals surface area (Å²) in [6.07, 6.45) is 0.615. The van der Waals surface area contributed by atoms with E-state index in [9.17, 15) is 9.59 Å². The van der Waals surface area contributed by atoms with Gasteiger partial charge >= 0.3 is 0 Å². The third-order valence-corrected chi connectivity index (χ3v) is 4.81. The molecule has 0 unspecified atom stereocenters. The summed E-state index contributed by atoms with van der Waals surface area (Å²) in [5.41, 5.74) is 4.70. The van der Waals surface area contributed by atoms with Gasteiger partial charge in [0.2, 0.25) is 0 Å². The maximum atomic E-state index is 12.8. The molecule has 3 rings (SSSR count). The maximum Gasteiger partial charge on any atom is 0.253 e. The first-order chi connectivity index (χ1) is 13.9. The van der Waals surface area contributed by atoms with Crippen LogP contribution >= 0.6 is 0 Å². The molecule has 3 aromatic rings. The van der Waals surface area contributed by atoms with Crippen LogP contribution in [-0.2, 0) is 13.0 Å². The van der Waals surface area contributed by atoms with Crippen molar-refractivity contribution in [1.29, 1.82) is 0 Å². The van der Waals surface area contributed by atoms with E-state index in [1.54, 1.807) is 0 Å². The van der Waals surface area contributed by atoms with Gasteiger partial charge in [-0.1, -0.05) is 35.9 Å². The highest BCUT2D eigenvalue weighted by atomic mass is 16.5. The lowest BCUT2D eigenvalue weighted by Crippen LogP contribution is -2.28. The largest absolute Gasteiger partial charge is 0.493 e. The smallest absolute Gasteiger partial charge is 0.253 e. The number of rotatable bonds is 7. The average Bonchev–Trinajstić information content (AvgIpc) is 2.68. The number of aromatic amines is 1. The summed E-state index contributed by atoms with van der Waals surface area (Å²) in [5.74, 6) is 0.610. The van der Waals surface area contributed by atoms with Gasteiger partial charge in [0.15, 0.2) is 0 Å². The van der Waals surface area contributed by atoms with Crippen molar-refractivity contribution in [1.82, 2.24) is 10.3 Å². The zero-order valence-corrected chi connectivity index (χ0v) is 17.0. The van der Waals surface area contributed by atoms with Crippen LogP contribution in [-0.4, -0.2) is 17.5 Å². The van der Waals surface area contributed by atoms with Gasteiger partial charge in [0, 0.05) is 29.8 Å². The zero-order valence-electron chi connectivity index (χ0n) is 17.0. The van der Waals surface area contributed by atoms with E-state index in [2.05, 4.69) is 10.3 Å². The molecule has 0 saturated carbocycles. The molecule has 0 spiro atoms.